The first-order valence-corrected chi connectivity index (χ1v) is 6.99. The van der Waals surface area contributed by atoms with E-state index in [1.54, 1.807) is 19.1 Å². The van der Waals surface area contributed by atoms with E-state index in [0.29, 0.717) is 28.6 Å². The van der Waals surface area contributed by atoms with Crippen molar-refractivity contribution >= 4 is 28.9 Å². The minimum atomic E-state index is -0.398. The molecule has 0 aromatic heterocycles. The van der Waals surface area contributed by atoms with Crippen LogP contribution in [0.15, 0.2) is 12.1 Å². The van der Waals surface area contributed by atoms with Gasteiger partial charge in [0.15, 0.2) is 0 Å². The van der Waals surface area contributed by atoms with Crippen molar-refractivity contribution in [2.45, 2.75) is 26.2 Å². The molecule has 1 aromatic carbocycles. The molecule has 2 rings (SSSR count). The number of rotatable bonds is 6. The van der Waals surface area contributed by atoms with E-state index < -0.39 is 5.97 Å². The maximum absolute atomic E-state index is 11.9. The maximum Gasteiger partial charge on any atom is 0.340 e. The number of carbonyl (C=O) groups is 1. The van der Waals surface area contributed by atoms with Gasteiger partial charge in [-0.3, -0.25) is 0 Å². The van der Waals surface area contributed by atoms with Gasteiger partial charge >= 0.3 is 5.97 Å². The molecule has 0 amide bonds. The van der Waals surface area contributed by atoms with Crippen molar-refractivity contribution in [3.8, 4) is 0 Å². The zero-order valence-electron chi connectivity index (χ0n) is 11.0. The molecular weight excluding hydrogens is 264 g/mol. The molecular formula is C14H19ClN2O2. The highest BCUT2D eigenvalue weighted by molar-refractivity contribution is 6.34. The minimum Gasteiger partial charge on any atom is -0.462 e. The Bertz CT molecular complexity index is 473. The summed E-state index contributed by atoms with van der Waals surface area (Å²) in [5, 5.41) is 3.69. The molecule has 0 unspecified atom stereocenters. The predicted octanol–water partition coefficient (Wildman–Crippen LogP) is 3.31. The number of esters is 1. The average Bonchev–Trinajstić information content (AvgIpc) is 3.15. The number of nitrogens with two attached hydrogens (primary N) is 1. The van der Waals surface area contributed by atoms with Crippen LogP contribution in [0.5, 0.6) is 0 Å². The van der Waals surface area contributed by atoms with Crippen LogP contribution >= 0.6 is 11.6 Å². The number of nitrogen functional groups attached to an aromatic ring is 1. The molecule has 1 fully saturated rings. The van der Waals surface area contributed by atoms with Gasteiger partial charge in [-0.05, 0) is 31.4 Å². The van der Waals surface area contributed by atoms with Crippen LogP contribution in [0.4, 0.5) is 11.4 Å². The molecule has 0 bridgehead atoms. The zero-order chi connectivity index (χ0) is 13.8. The third kappa shape index (κ3) is 3.77. The molecule has 0 spiro atoms. The van der Waals surface area contributed by atoms with Crippen LogP contribution in [0.25, 0.3) is 0 Å². The van der Waals surface area contributed by atoms with Crippen molar-refractivity contribution in [2.24, 2.45) is 5.92 Å². The lowest BCUT2D eigenvalue weighted by molar-refractivity contribution is 0.0527. The topological polar surface area (TPSA) is 64.3 Å². The number of ether oxygens (including phenoxy) is 1. The SMILES string of the molecule is CCOC(=O)c1cc(N)cc(Cl)c1NCCC1CC1. The van der Waals surface area contributed by atoms with E-state index >= 15 is 0 Å². The van der Waals surface area contributed by atoms with Gasteiger partial charge in [0.1, 0.15) is 0 Å². The van der Waals surface area contributed by atoms with Crippen LogP contribution in [0.2, 0.25) is 5.02 Å². The normalized spacial score (nSPS) is 14.2. The fraction of sp³-hybridized carbons (Fsp3) is 0.500. The molecule has 0 heterocycles. The fourth-order valence-corrected chi connectivity index (χ4v) is 2.28. The summed E-state index contributed by atoms with van der Waals surface area (Å²) >= 11 is 6.16. The van der Waals surface area contributed by atoms with Crippen molar-refractivity contribution < 1.29 is 9.53 Å². The zero-order valence-corrected chi connectivity index (χ0v) is 11.8. The van der Waals surface area contributed by atoms with Crippen LogP contribution in [0.1, 0.15) is 36.5 Å². The molecule has 0 radical (unpaired) electrons. The summed E-state index contributed by atoms with van der Waals surface area (Å²) in [7, 11) is 0. The first-order valence-electron chi connectivity index (χ1n) is 6.61. The van der Waals surface area contributed by atoms with Gasteiger partial charge in [-0.2, -0.15) is 0 Å². The van der Waals surface area contributed by atoms with Gasteiger partial charge in [0, 0.05) is 12.2 Å². The average molecular weight is 283 g/mol. The summed E-state index contributed by atoms with van der Waals surface area (Å²) in [6.45, 7) is 2.90. The van der Waals surface area contributed by atoms with E-state index in [-0.39, 0.29) is 0 Å². The van der Waals surface area contributed by atoms with E-state index in [0.717, 1.165) is 18.9 Å². The molecule has 19 heavy (non-hydrogen) atoms. The van der Waals surface area contributed by atoms with Crippen LogP contribution in [0, 0.1) is 5.92 Å². The first-order chi connectivity index (χ1) is 9.11. The second kappa shape index (κ2) is 6.15. The van der Waals surface area contributed by atoms with Gasteiger partial charge in [-0.25, -0.2) is 4.79 Å². The molecule has 1 aromatic rings. The fourth-order valence-electron chi connectivity index (χ4n) is 1.98. The molecule has 1 aliphatic rings. The third-order valence-electron chi connectivity index (χ3n) is 3.16. The molecule has 1 saturated carbocycles. The van der Waals surface area contributed by atoms with Crippen molar-refractivity contribution in [1.82, 2.24) is 0 Å². The van der Waals surface area contributed by atoms with Crippen LogP contribution in [-0.2, 0) is 4.74 Å². The minimum absolute atomic E-state index is 0.326. The molecule has 0 atom stereocenters. The van der Waals surface area contributed by atoms with Gasteiger partial charge in [-0.1, -0.05) is 24.4 Å². The van der Waals surface area contributed by atoms with Crippen LogP contribution in [0.3, 0.4) is 0 Å². The Morgan fingerprint density at radius 1 is 1.53 bits per heavy atom. The summed E-state index contributed by atoms with van der Waals surface area (Å²) in [5.74, 6) is 0.428. The second-order valence-electron chi connectivity index (χ2n) is 4.80. The van der Waals surface area contributed by atoms with Gasteiger partial charge in [0.05, 0.1) is 22.9 Å². The van der Waals surface area contributed by atoms with Crippen molar-refractivity contribution in [3.63, 3.8) is 0 Å². The predicted molar refractivity (Wildman–Crippen MR) is 77.7 cm³/mol. The van der Waals surface area contributed by atoms with Crippen LogP contribution in [-0.4, -0.2) is 19.1 Å². The lowest BCUT2D eigenvalue weighted by Gasteiger charge is -2.14. The molecule has 4 nitrogen and oxygen atoms in total. The number of nitrogens with one attached hydrogen (secondary N) is 1. The molecule has 0 saturated heterocycles. The Kier molecular flexibility index (Phi) is 4.53. The van der Waals surface area contributed by atoms with Crippen molar-refractivity contribution in [2.75, 3.05) is 24.2 Å². The lowest BCUT2D eigenvalue weighted by Crippen LogP contribution is -2.12. The summed E-state index contributed by atoms with van der Waals surface area (Å²) in [6, 6.07) is 3.24. The van der Waals surface area contributed by atoms with E-state index in [9.17, 15) is 4.79 Å². The summed E-state index contributed by atoms with van der Waals surface area (Å²) in [6.07, 6.45) is 3.72. The molecule has 0 aliphatic heterocycles. The summed E-state index contributed by atoms with van der Waals surface area (Å²) in [5.41, 5.74) is 7.21. The van der Waals surface area contributed by atoms with Gasteiger partial charge in [0.25, 0.3) is 0 Å². The maximum atomic E-state index is 11.9. The van der Waals surface area contributed by atoms with E-state index in [2.05, 4.69) is 5.32 Å². The molecule has 104 valence electrons. The second-order valence-corrected chi connectivity index (χ2v) is 5.21. The van der Waals surface area contributed by atoms with E-state index in [4.69, 9.17) is 22.1 Å². The Morgan fingerprint density at radius 3 is 2.89 bits per heavy atom. The lowest BCUT2D eigenvalue weighted by atomic mass is 10.1. The monoisotopic (exact) mass is 282 g/mol. The summed E-state index contributed by atoms with van der Waals surface area (Å²) in [4.78, 5) is 11.9. The Balaban J connectivity index is 2.14. The number of hydrogen-bond acceptors (Lipinski definition) is 4. The Labute approximate surface area is 118 Å². The molecule has 3 N–H and O–H groups in total. The largest absolute Gasteiger partial charge is 0.462 e. The molecule has 1 aliphatic carbocycles. The number of anilines is 2. The van der Waals surface area contributed by atoms with E-state index in [1.807, 2.05) is 0 Å². The third-order valence-corrected chi connectivity index (χ3v) is 3.46. The highest BCUT2D eigenvalue weighted by Gasteiger charge is 2.21. The van der Waals surface area contributed by atoms with Crippen LogP contribution < -0.4 is 11.1 Å². The number of carbonyl (C=O) groups excluding carboxylic acids is 1. The molecule has 5 heteroatoms. The van der Waals surface area contributed by atoms with E-state index in [1.165, 1.54) is 12.8 Å². The quantitative estimate of drug-likeness (QED) is 0.621. The summed E-state index contributed by atoms with van der Waals surface area (Å²) < 4.78 is 5.03. The highest BCUT2D eigenvalue weighted by atomic mass is 35.5. The number of benzene rings is 1. The van der Waals surface area contributed by atoms with Gasteiger partial charge in [-0.15, -0.1) is 0 Å². The van der Waals surface area contributed by atoms with Gasteiger partial charge < -0.3 is 15.8 Å². The Morgan fingerprint density at radius 2 is 2.26 bits per heavy atom. The number of hydrogen-bond donors (Lipinski definition) is 2. The standard InChI is InChI=1S/C14H19ClN2O2/c1-2-19-14(18)11-7-10(16)8-12(15)13(11)17-6-5-9-3-4-9/h7-9,17H,2-6,16H2,1H3. The smallest absolute Gasteiger partial charge is 0.340 e. The van der Waals surface area contributed by atoms with Crippen molar-refractivity contribution in [3.05, 3.63) is 22.7 Å². The first kappa shape index (κ1) is 14.0. The highest BCUT2D eigenvalue weighted by Crippen LogP contribution is 2.34. The van der Waals surface area contributed by atoms with Crippen molar-refractivity contribution in [1.29, 1.82) is 0 Å². The number of halogens is 1. The van der Waals surface area contributed by atoms with Gasteiger partial charge in [0.2, 0.25) is 0 Å². The Hall–Kier alpha value is -1.42.